The summed E-state index contributed by atoms with van der Waals surface area (Å²) < 4.78 is 10.7. The van der Waals surface area contributed by atoms with Crippen molar-refractivity contribution in [3.05, 3.63) is 18.2 Å². The van der Waals surface area contributed by atoms with Crippen LogP contribution < -0.4 is 14.8 Å². The molecule has 19 heavy (non-hydrogen) atoms. The van der Waals surface area contributed by atoms with Crippen LogP contribution in [0.2, 0.25) is 0 Å². The molecule has 0 saturated heterocycles. The van der Waals surface area contributed by atoms with Gasteiger partial charge in [0.15, 0.2) is 11.5 Å². The molecule has 102 valence electrons. The summed E-state index contributed by atoms with van der Waals surface area (Å²) >= 11 is 0. The number of rotatable bonds is 3. The van der Waals surface area contributed by atoms with E-state index in [1.165, 1.54) is 13.8 Å². The summed E-state index contributed by atoms with van der Waals surface area (Å²) in [4.78, 5) is 22.9. The minimum Gasteiger partial charge on any atom is -0.486 e. The first kappa shape index (κ1) is 13.2. The predicted octanol–water partition coefficient (Wildman–Crippen LogP) is 1.51. The highest BCUT2D eigenvalue weighted by atomic mass is 16.6. The first-order chi connectivity index (χ1) is 8.91. The number of fused-ring (bicyclic) bond motifs is 1. The van der Waals surface area contributed by atoms with Crippen molar-refractivity contribution in [3.8, 4) is 11.5 Å². The van der Waals surface area contributed by atoms with Crippen molar-refractivity contribution in [2.24, 2.45) is 5.41 Å². The summed E-state index contributed by atoms with van der Waals surface area (Å²) in [5, 5.41) is 11.5. The van der Waals surface area contributed by atoms with Crippen LogP contribution in [0.15, 0.2) is 18.2 Å². The van der Waals surface area contributed by atoms with E-state index in [2.05, 4.69) is 5.32 Å². The van der Waals surface area contributed by atoms with E-state index in [0.29, 0.717) is 30.4 Å². The highest BCUT2D eigenvalue weighted by Gasteiger charge is 2.36. The Morgan fingerprint density at radius 2 is 1.84 bits per heavy atom. The van der Waals surface area contributed by atoms with Crippen molar-refractivity contribution in [1.29, 1.82) is 0 Å². The topological polar surface area (TPSA) is 84.9 Å². The van der Waals surface area contributed by atoms with Crippen LogP contribution in [0.25, 0.3) is 0 Å². The zero-order chi connectivity index (χ0) is 14.0. The molecule has 0 aromatic heterocycles. The van der Waals surface area contributed by atoms with Gasteiger partial charge in [0.25, 0.3) is 0 Å². The first-order valence-electron chi connectivity index (χ1n) is 5.86. The molecule has 0 spiro atoms. The van der Waals surface area contributed by atoms with Crippen molar-refractivity contribution in [1.82, 2.24) is 0 Å². The fourth-order valence-corrected chi connectivity index (χ4v) is 1.51. The molecule has 2 N–H and O–H groups in total. The monoisotopic (exact) mass is 265 g/mol. The fraction of sp³-hybridized carbons (Fsp3) is 0.385. The van der Waals surface area contributed by atoms with Gasteiger partial charge in [0.2, 0.25) is 5.91 Å². The number of carboxylic acids is 1. The van der Waals surface area contributed by atoms with Crippen molar-refractivity contribution >= 4 is 17.6 Å². The van der Waals surface area contributed by atoms with Gasteiger partial charge in [-0.15, -0.1) is 0 Å². The van der Waals surface area contributed by atoms with E-state index in [-0.39, 0.29) is 0 Å². The van der Waals surface area contributed by atoms with Gasteiger partial charge < -0.3 is 19.9 Å². The van der Waals surface area contributed by atoms with Crippen LogP contribution >= 0.6 is 0 Å². The normalized spacial score (nSPS) is 13.8. The van der Waals surface area contributed by atoms with E-state index in [1.54, 1.807) is 18.2 Å². The number of ether oxygens (including phenoxy) is 2. The highest BCUT2D eigenvalue weighted by Crippen LogP contribution is 2.33. The molecule has 0 bridgehead atoms. The van der Waals surface area contributed by atoms with Crippen LogP contribution in [0.5, 0.6) is 11.5 Å². The predicted molar refractivity (Wildman–Crippen MR) is 67.5 cm³/mol. The number of aliphatic carboxylic acids is 1. The van der Waals surface area contributed by atoms with Gasteiger partial charge in [-0.3, -0.25) is 9.59 Å². The first-order valence-corrected chi connectivity index (χ1v) is 5.86. The average molecular weight is 265 g/mol. The Labute approximate surface area is 110 Å². The second-order valence-corrected chi connectivity index (χ2v) is 4.74. The Balaban J connectivity index is 2.16. The number of carbonyl (C=O) groups excluding carboxylic acids is 1. The van der Waals surface area contributed by atoms with E-state index < -0.39 is 17.3 Å². The van der Waals surface area contributed by atoms with Crippen LogP contribution in [0.1, 0.15) is 13.8 Å². The highest BCUT2D eigenvalue weighted by molar-refractivity contribution is 6.07. The number of carboxylic acid groups (broad SMARTS) is 1. The SMILES string of the molecule is CC(C)(C(=O)O)C(=O)Nc1ccc2c(c1)OCCO2. The van der Waals surface area contributed by atoms with Crippen LogP contribution in [-0.2, 0) is 9.59 Å². The molecule has 6 nitrogen and oxygen atoms in total. The lowest BCUT2D eigenvalue weighted by Crippen LogP contribution is -2.37. The second kappa shape index (κ2) is 4.79. The number of anilines is 1. The molecular formula is C13H15NO5. The molecule has 2 rings (SSSR count). The Morgan fingerprint density at radius 3 is 2.47 bits per heavy atom. The summed E-state index contributed by atoms with van der Waals surface area (Å²) in [5.74, 6) is -0.613. The van der Waals surface area contributed by atoms with E-state index in [1.807, 2.05) is 0 Å². The maximum atomic E-state index is 11.9. The molecular weight excluding hydrogens is 250 g/mol. The Morgan fingerprint density at radius 1 is 1.21 bits per heavy atom. The zero-order valence-electron chi connectivity index (χ0n) is 10.7. The van der Waals surface area contributed by atoms with Gasteiger partial charge in [0, 0.05) is 11.8 Å². The number of nitrogens with one attached hydrogen (secondary N) is 1. The largest absolute Gasteiger partial charge is 0.486 e. The lowest BCUT2D eigenvalue weighted by atomic mass is 9.92. The molecule has 0 radical (unpaired) electrons. The maximum absolute atomic E-state index is 11.9. The molecule has 1 aromatic carbocycles. The molecule has 1 amide bonds. The molecule has 1 aromatic rings. The minimum absolute atomic E-state index is 0.449. The van der Waals surface area contributed by atoms with Crippen molar-refractivity contribution in [2.45, 2.75) is 13.8 Å². The molecule has 0 unspecified atom stereocenters. The zero-order valence-corrected chi connectivity index (χ0v) is 10.7. The van der Waals surface area contributed by atoms with Gasteiger partial charge >= 0.3 is 5.97 Å². The number of hydrogen-bond acceptors (Lipinski definition) is 4. The summed E-state index contributed by atoms with van der Waals surface area (Å²) in [7, 11) is 0. The number of benzene rings is 1. The number of hydrogen-bond donors (Lipinski definition) is 2. The lowest BCUT2D eigenvalue weighted by Gasteiger charge is -2.21. The van der Waals surface area contributed by atoms with Crippen molar-refractivity contribution < 1.29 is 24.2 Å². The second-order valence-electron chi connectivity index (χ2n) is 4.74. The summed E-state index contributed by atoms with van der Waals surface area (Å²) in [6, 6.07) is 4.94. The van der Waals surface area contributed by atoms with Crippen LogP contribution in [0.3, 0.4) is 0 Å². The third-order valence-corrected chi connectivity index (χ3v) is 2.90. The Bertz CT molecular complexity index is 524. The van der Waals surface area contributed by atoms with Gasteiger partial charge in [0.1, 0.15) is 18.6 Å². The third-order valence-electron chi connectivity index (χ3n) is 2.90. The third kappa shape index (κ3) is 2.62. The van der Waals surface area contributed by atoms with Gasteiger partial charge in [-0.05, 0) is 26.0 Å². The maximum Gasteiger partial charge on any atom is 0.318 e. The van der Waals surface area contributed by atoms with Gasteiger partial charge in [-0.2, -0.15) is 0 Å². The van der Waals surface area contributed by atoms with E-state index in [9.17, 15) is 9.59 Å². The lowest BCUT2D eigenvalue weighted by molar-refractivity contribution is -0.151. The summed E-state index contributed by atoms with van der Waals surface area (Å²) in [5.41, 5.74) is -1.02. The van der Waals surface area contributed by atoms with Crippen LogP contribution in [0.4, 0.5) is 5.69 Å². The van der Waals surface area contributed by atoms with Gasteiger partial charge in [-0.1, -0.05) is 0 Å². The molecule has 0 fully saturated rings. The minimum atomic E-state index is -1.49. The molecule has 1 heterocycles. The summed E-state index contributed by atoms with van der Waals surface area (Å²) in [6.07, 6.45) is 0. The van der Waals surface area contributed by atoms with E-state index in [4.69, 9.17) is 14.6 Å². The molecule has 0 atom stereocenters. The number of carbonyl (C=O) groups is 2. The Kier molecular flexibility index (Phi) is 3.33. The Hall–Kier alpha value is -2.24. The van der Waals surface area contributed by atoms with Crippen LogP contribution in [0, 0.1) is 5.41 Å². The molecule has 6 heteroatoms. The average Bonchev–Trinajstić information content (AvgIpc) is 2.38. The molecule has 1 aliphatic heterocycles. The van der Waals surface area contributed by atoms with Crippen molar-refractivity contribution in [3.63, 3.8) is 0 Å². The van der Waals surface area contributed by atoms with Gasteiger partial charge in [-0.25, -0.2) is 0 Å². The molecule has 1 aliphatic rings. The molecule has 0 aliphatic carbocycles. The van der Waals surface area contributed by atoms with E-state index >= 15 is 0 Å². The fourth-order valence-electron chi connectivity index (χ4n) is 1.51. The van der Waals surface area contributed by atoms with Crippen molar-refractivity contribution in [2.75, 3.05) is 18.5 Å². The quantitative estimate of drug-likeness (QED) is 0.809. The number of amides is 1. The smallest absolute Gasteiger partial charge is 0.318 e. The standard InChI is InChI=1S/C13H15NO5/c1-13(2,12(16)17)11(15)14-8-3-4-9-10(7-8)19-6-5-18-9/h3-4,7H,5-6H2,1-2H3,(H,14,15)(H,16,17). The van der Waals surface area contributed by atoms with Gasteiger partial charge in [0.05, 0.1) is 0 Å². The summed E-state index contributed by atoms with van der Waals surface area (Å²) in [6.45, 7) is 3.64. The van der Waals surface area contributed by atoms with Crippen LogP contribution in [-0.4, -0.2) is 30.2 Å². The van der Waals surface area contributed by atoms with E-state index in [0.717, 1.165) is 0 Å². The molecule has 0 saturated carbocycles.